The molecule has 0 aliphatic heterocycles. The van der Waals surface area contributed by atoms with E-state index in [1.807, 2.05) is 0 Å². The Morgan fingerprint density at radius 3 is 2.08 bits per heavy atom. The SMILES string of the molecule is C=C/C(C)=C(\C=C(/C)O)C(=O)O. The van der Waals surface area contributed by atoms with Crippen LogP contribution in [-0.2, 0) is 4.79 Å². The zero-order valence-electron chi connectivity index (χ0n) is 7.16. The Balaban J connectivity index is 5.06. The van der Waals surface area contributed by atoms with E-state index in [4.69, 9.17) is 10.2 Å². The maximum atomic E-state index is 10.6. The number of aliphatic hydroxyl groups excluding tert-OH is 1. The molecule has 3 nitrogen and oxygen atoms in total. The summed E-state index contributed by atoms with van der Waals surface area (Å²) in [7, 11) is 0. The van der Waals surface area contributed by atoms with Gasteiger partial charge in [-0.3, -0.25) is 0 Å². The number of aliphatic hydroxyl groups is 1. The first kappa shape index (κ1) is 10.5. The lowest BCUT2D eigenvalue weighted by atomic mass is 10.1. The molecular weight excluding hydrogens is 156 g/mol. The molecule has 0 radical (unpaired) electrons. The van der Waals surface area contributed by atoms with Crippen LogP contribution >= 0.6 is 0 Å². The Bertz CT molecular complexity index is 255. The summed E-state index contributed by atoms with van der Waals surface area (Å²) in [6.07, 6.45) is 2.63. The molecule has 3 heteroatoms. The molecule has 0 spiro atoms. The molecule has 66 valence electrons. The molecule has 0 amide bonds. The zero-order valence-corrected chi connectivity index (χ0v) is 7.16. The van der Waals surface area contributed by atoms with Crippen LogP contribution in [0.2, 0.25) is 0 Å². The highest BCUT2D eigenvalue weighted by atomic mass is 16.4. The number of rotatable bonds is 3. The quantitative estimate of drug-likeness (QED) is 0.385. The van der Waals surface area contributed by atoms with E-state index in [0.717, 1.165) is 0 Å². The molecule has 0 rings (SSSR count). The summed E-state index contributed by atoms with van der Waals surface area (Å²) < 4.78 is 0. The van der Waals surface area contributed by atoms with Gasteiger partial charge in [-0.05, 0) is 25.5 Å². The van der Waals surface area contributed by atoms with Gasteiger partial charge in [0.2, 0.25) is 0 Å². The van der Waals surface area contributed by atoms with Crippen LogP contribution in [0.1, 0.15) is 13.8 Å². The largest absolute Gasteiger partial charge is 0.513 e. The van der Waals surface area contributed by atoms with Gasteiger partial charge in [-0.25, -0.2) is 4.79 Å². The average molecular weight is 168 g/mol. The van der Waals surface area contributed by atoms with Crippen LogP contribution in [0.5, 0.6) is 0 Å². The van der Waals surface area contributed by atoms with E-state index >= 15 is 0 Å². The molecule has 0 unspecified atom stereocenters. The van der Waals surface area contributed by atoms with Crippen LogP contribution in [0.4, 0.5) is 0 Å². The van der Waals surface area contributed by atoms with Crippen LogP contribution in [-0.4, -0.2) is 16.2 Å². The number of carboxylic acid groups (broad SMARTS) is 1. The highest BCUT2D eigenvalue weighted by molar-refractivity contribution is 5.91. The lowest BCUT2D eigenvalue weighted by Gasteiger charge is -1.98. The van der Waals surface area contributed by atoms with E-state index in [-0.39, 0.29) is 11.3 Å². The fourth-order valence-electron chi connectivity index (χ4n) is 0.663. The second-order valence-corrected chi connectivity index (χ2v) is 2.39. The number of aliphatic carboxylic acids is 1. The van der Waals surface area contributed by atoms with Gasteiger partial charge in [-0.2, -0.15) is 0 Å². The van der Waals surface area contributed by atoms with Gasteiger partial charge in [-0.1, -0.05) is 12.7 Å². The molecule has 0 heterocycles. The van der Waals surface area contributed by atoms with Gasteiger partial charge in [0.25, 0.3) is 0 Å². The van der Waals surface area contributed by atoms with Crippen molar-refractivity contribution >= 4 is 5.97 Å². The van der Waals surface area contributed by atoms with Crippen molar-refractivity contribution in [2.45, 2.75) is 13.8 Å². The molecule has 2 N–H and O–H groups in total. The Morgan fingerprint density at radius 2 is 1.83 bits per heavy atom. The van der Waals surface area contributed by atoms with E-state index in [1.54, 1.807) is 6.92 Å². The van der Waals surface area contributed by atoms with E-state index in [1.165, 1.54) is 19.1 Å². The highest BCUT2D eigenvalue weighted by Gasteiger charge is 2.06. The van der Waals surface area contributed by atoms with Crippen LogP contribution in [0.15, 0.2) is 35.6 Å². The molecule has 0 fully saturated rings. The molecular formula is C9H12O3. The summed E-state index contributed by atoms with van der Waals surface area (Å²) in [5.74, 6) is -1.10. The maximum Gasteiger partial charge on any atom is 0.336 e. The molecule has 0 aromatic rings. The average Bonchev–Trinajstić information content (AvgIpc) is 1.98. The summed E-state index contributed by atoms with van der Waals surface area (Å²) in [4.78, 5) is 10.6. The fraction of sp³-hybridized carbons (Fsp3) is 0.222. The number of hydrogen-bond donors (Lipinski definition) is 2. The molecule has 0 aliphatic carbocycles. The standard InChI is InChI=1S/C9H12O3/c1-4-6(2)8(9(11)12)5-7(3)10/h4-5,10H,1H2,2-3H3,(H,11,12)/b7-5+,8-6+. The molecule has 0 saturated heterocycles. The van der Waals surface area contributed by atoms with Crippen molar-refractivity contribution in [1.29, 1.82) is 0 Å². The topological polar surface area (TPSA) is 57.5 Å². The minimum atomic E-state index is -1.07. The van der Waals surface area contributed by atoms with Gasteiger partial charge < -0.3 is 10.2 Å². The van der Waals surface area contributed by atoms with Crippen molar-refractivity contribution < 1.29 is 15.0 Å². The Hall–Kier alpha value is -1.51. The Morgan fingerprint density at radius 1 is 1.33 bits per heavy atom. The van der Waals surface area contributed by atoms with Gasteiger partial charge in [0, 0.05) is 0 Å². The van der Waals surface area contributed by atoms with Gasteiger partial charge in [0.05, 0.1) is 11.3 Å². The summed E-state index contributed by atoms with van der Waals surface area (Å²) >= 11 is 0. The predicted molar refractivity (Wildman–Crippen MR) is 46.9 cm³/mol. The lowest BCUT2D eigenvalue weighted by Crippen LogP contribution is -2.00. The third kappa shape index (κ3) is 3.05. The van der Waals surface area contributed by atoms with Crippen molar-refractivity contribution in [1.82, 2.24) is 0 Å². The van der Waals surface area contributed by atoms with E-state index < -0.39 is 5.97 Å². The van der Waals surface area contributed by atoms with Gasteiger partial charge in [-0.15, -0.1) is 0 Å². The minimum Gasteiger partial charge on any atom is -0.513 e. The number of carboxylic acids is 1. The van der Waals surface area contributed by atoms with Gasteiger partial charge in [0.15, 0.2) is 0 Å². The molecule has 12 heavy (non-hydrogen) atoms. The third-order valence-corrected chi connectivity index (χ3v) is 1.31. The van der Waals surface area contributed by atoms with Crippen LogP contribution in [0, 0.1) is 0 Å². The molecule has 0 aromatic heterocycles. The molecule has 0 atom stereocenters. The summed E-state index contributed by atoms with van der Waals surface area (Å²) in [5.41, 5.74) is 0.584. The van der Waals surface area contributed by atoms with E-state index in [2.05, 4.69) is 6.58 Å². The first-order valence-electron chi connectivity index (χ1n) is 3.43. The van der Waals surface area contributed by atoms with Crippen molar-refractivity contribution in [3.63, 3.8) is 0 Å². The first-order chi connectivity index (χ1) is 5.49. The zero-order chi connectivity index (χ0) is 9.72. The fourth-order valence-corrected chi connectivity index (χ4v) is 0.663. The summed E-state index contributed by atoms with van der Waals surface area (Å²) in [6, 6.07) is 0. The van der Waals surface area contributed by atoms with Crippen LogP contribution in [0.3, 0.4) is 0 Å². The Kier molecular flexibility index (Phi) is 3.83. The monoisotopic (exact) mass is 168 g/mol. The van der Waals surface area contributed by atoms with Crippen molar-refractivity contribution in [3.8, 4) is 0 Å². The van der Waals surface area contributed by atoms with E-state index in [9.17, 15) is 4.79 Å². The van der Waals surface area contributed by atoms with Gasteiger partial charge in [0.1, 0.15) is 0 Å². The molecule has 0 bridgehead atoms. The predicted octanol–water partition coefficient (Wildman–Crippen LogP) is 2.04. The van der Waals surface area contributed by atoms with Crippen LogP contribution in [0.25, 0.3) is 0 Å². The second kappa shape index (κ2) is 4.38. The Labute approximate surface area is 71.3 Å². The summed E-state index contributed by atoms with van der Waals surface area (Å²) in [5, 5.41) is 17.5. The number of hydrogen-bond acceptors (Lipinski definition) is 2. The highest BCUT2D eigenvalue weighted by Crippen LogP contribution is 2.08. The molecule has 0 saturated carbocycles. The van der Waals surface area contributed by atoms with Crippen molar-refractivity contribution in [2.75, 3.05) is 0 Å². The normalized spacial score (nSPS) is 13.7. The molecule has 0 aliphatic rings. The van der Waals surface area contributed by atoms with Gasteiger partial charge >= 0.3 is 5.97 Å². The van der Waals surface area contributed by atoms with Crippen molar-refractivity contribution in [3.05, 3.63) is 35.6 Å². The third-order valence-electron chi connectivity index (χ3n) is 1.31. The maximum absolute atomic E-state index is 10.6. The second-order valence-electron chi connectivity index (χ2n) is 2.39. The van der Waals surface area contributed by atoms with Crippen molar-refractivity contribution in [2.24, 2.45) is 0 Å². The van der Waals surface area contributed by atoms with E-state index in [0.29, 0.717) is 5.57 Å². The number of carbonyl (C=O) groups is 1. The number of allylic oxidation sites excluding steroid dienone is 3. The van der Waals surface area contributed by atoms with Crippen LogP contribution < -0.4 is 0 Å². The smallest absolute Gasteiger partial charge is 0.336 e. The minimum absolute atomic E-state index is 0.0337. The summed E-state index contributed by atoms with van der Waals surface area (Å²) in [6.45, 7) is 6.48. The lowest BCUT2D eigenvalue weighted by molar-refractivity contribution is -0.132. The molecule has 0 aromatic carbocycles. The first-order valence-corrected chi connectivity index (χ1v) is 3.43.